The highest BCUT2D eigenvalue weighted by Crippen LogP contribution is 2.10. The Balaban J connectivity index is 2.89. The van der Waals surface area contributed by atoms with Crippen LogP contribution in [0.4, 0.5) is 0 Å². The molecule has 0 heterocycles. The van der Waals surface area contributed by atoms with Crippen molar-refractivity contribution in [3.8, 4) is 0 Å². The first-order chi connectivity index (χ1) is 9.41. The Morgan fingerprint density at radius 2 is 1.42 bits per heavy atom. The van der Waals surface area contributed by atoms with E-state index < -0.39 is 0 Å². The second-order valence-corrected chi connectivity index (χ2v) is 6.45. The zero-order chi connectivity index (χ0) is 14.0. The van der Waals surface area contributed by atoms with Crippen LogP contribution in [0.2, 0.25) is 0 Å². The summed E-state index contributed by atoms with van der Waals surface area (Å²) in [5.41, 5.74) is 0. The van der Waals surface area contributed by atoms with Crippen LogP contribution in [0, 0.1) is 0 Å². The zero-order valence-corrected chi connectivity index (χ0v) is 13.9. The second kappa shape index (κ2) is 18.0. The minimum Gasteiger partial charge on any atom is -0.316 e. The zero-order valence-electron chi connectivity index (χ0n) is 13.1. The Labute approximate surface area is 126 Å². The van der Waals surface area contributed by atoms with E-state index in [4.69, 9.17) is 0 Å². The molecule has 0 unspecified atom stereocenters. The summed E-state index contributed by atoms with van der Waals surface area (Å²) in [4.78, 5) is 0. The first-order valence-corrected chi connectivity index (χ1v) is 9.46. The van der Waals surface area contributed by atoms with Crippen LogP contribution in [0.5, 0.6) is 0 Å². The van der Waals surface area contributed by atoms with E-state index >= 15 is 0 Å². The average molecular weight is 286 g/mol. The fourth-order valence-electron chi connectivity index (χ4n) is 2.17. The molecule has 0 fully saturated rings. The van der Waals surface area contributed by atoms with Crippen LogP contribution in [0.15, 0.2) is 12.7 Å². The monoisotopic (exact) mass is 285 g/mol. The number of hydrogen-bond donors (Lipinski definition) is 1. The molecule has 0 saturated heterocycles. The summed E-state index contributed by atoms with van der Waals surface area (Å²) >= 11 is 1.96. The van der Waals surface area contributed by atoms with Crippen molar-refractivity contribution in [1.82, 2.24) is 5.32 Å². The largest absolute Gasteiger partial charge is 0.316 e. The molecule has 0 aliphatic heterocycles. The molecule has 0 aromatic carbocycles. The molecule has 0 aromatic rings. The van der Waals surface area contributed by atoms with Gasteiger partial charge in [0.15, 0.2) is 0 Å². The number of rotatable bonds is 16. The third-order valence-electron chi connectivity index (χ3n) is 3.37. The van der Waals surface area contributed by atoms with Crippen molar-refractivity contribution in [3.05, 3.63) is 12.7 Å². The number of hydrogen-bond acceptors (Lipinski definition) is 2. The molecule has 0 amide bonds. The number of nitrogens with one attached hydrogen (secondary N) is 1. The maximum atomic E-state index is 3.72. The summed E-state index contributed by atoms with van der Waals surface area (Å²) in [7, 11) is 0. The summed E-state index contributed by atoms with van der Waals surface area (Å²) in [5.74, 6) is 2.30. The second-order valence-electron chi connectivity index (χ2n) is 5.30. The fourth-order valence-corrected chi connectivity index (χ4v) is 2.80. The molecule has 0 aliphatic rings. The predicted molar refractivity (Wildman–Crippen MR) is 92.2 cm³/mol. The quantitative estimate of drug-likeness (QED) is 0.300. The third kappa shape index (κ3) is 18.1. The molecule has 0 spiro atoms. The van der Waals surface area contributed by atoms with Crippen molar-refractivity contribution in [2.24, 2.45) is 0 Å². The summed E-state index contributed by atoms with van der Waals surface area (Å²) < 4.78 is 0. The van der Waals surface area contributed by atoms with Gasteiger partial charge < -0.3 is 5.32 Å². The van der Waals surface area contributed by atoms with E-state index in [2.05, 4.69) is 18.8 Å². The van der Waals surface area contributed by atoms with Crippen LogP contribution in [-0.2, 0) is 0 Å². The molecule has 2 heteroatoms. The van der Waals surface area contributed by atoms with Crippen LogP contribution in [0.1, 0.15) is 71.1 Å². The summed E-state index contributed by atoms with van der Waals surface area (Å²) in [6, 6.07) is 0. The highest BCUT2D eigenvalue weighted by Gasteiger charge is 1.93. The molecular formula is C17H35NS. The fraction of sp³-hybridized carbons (Fsp3) is 0.882. The van der Waals surface area contributed by atoms with Crippen molar-refractivity contribution < 1.29 is 0 Å². The summed E-state index contributed by atoms with van der Waals surface area (Å²) in [5, 5.41) is 3.51. The SMILES string of the molecule is C=CCSCCNCCCCCCCCCCCC. The lowest BCUT2D eigenvalue weighted by Crippen LogP contribution is -2.18. The molecule has 19 heavy (non-hydrogen) atoms. The molecule has 0 atom stereocenters. The first kappa shape index (κ1) is 19.1. The van der Waals surface area contributed by atoms with E-state index in [0.717, 1.165) is 12.3 Å². The average Bonchev–Trinajstić information content (AvgIpc) is 2.43. The van der Waals surface area contributed by atoms with Gasteiger partial charge in [-0.3, -0.25) is 0 Å². The number of unbranched alkanes of at least 4 members (excludes halogenated alkanes) is 9. The van der Waals surface area contributed by atoms with Gasteiger partial charge in [-0.1, -0.05) is 70.8 Å². The Bertz CT molecular complexity index is 171. The van der Waals surface area contributed by atoms with Gasteiger partial charge in [-0.15, -0.1) is 6.58 Å². The van der Waals surface area contributed by atoms with Gasteiger partial charge in [-0.05, 0) is 13.0 Å². The Hall–Kier alpha value is 0.0500. The summed E-state index contributed by atoms with van der Waals surface area (Å²) in [6.45, 7) is 8.36. The van der Waals surface area contributed by atoms with Gasteiger partial charge in [0.1, 0.15) is 0 Å². The standard InChI is InChI=1S/C17H35NS/c1-3-5-6-7-8-9-10-11-12-13-14-18-15-17-19-16-4-2/h4,18H,2-3,5-17H2,1H3. The minimum absolute atomic E-state index is 1.08. The lowest BCUT2D eigenvalue weighted by Gasteiger charge is -2.04. The third-order valence-corrected chi connectivity index (χ3v) is 4.33. The Morgan fingerprint density at radius 1 is 0.842 bits per heavy atom. The van der Waals surface area contributed by atoms with Crippen molar-refractivity contribution >= 4 is 11.8 Å². The van der Waals surface area contributed by atoms with E-state index in [1.165, 1.54) is 76.5 Å². The van der Waals surface area contributed by atoms with Crippen molar-refractivity contribution in [1.29, 1.82) is 0 Å². The summed E-state index contributed by atoms with van der Waals surface area (Å²) in [6.07, 6.45) is 16.2. The molecule has 1 nitrogen and oxygen atoms in total. The Morgan fingerprint density at radius 3 is 2.00 bits per heavy atom. The predicted octanol–water partition coefficient (Wildman–Crippen LogP) is 5.42. The van der Waals surface area contributed by atoms with Crippen LogP contribution in [-0.4, -0.2) is 24.6 Å². The van der Waals surface area contributed by atoms with Crippen LogP contribution >= 0.6 is 11.8 Å². The number of thioether (sulfide) groups is 1. The molecule has 114 valence electrons. The van der Waals surface area contributed by atoms with E-state index in [0.29, 0.717) is 0 Å². The molecule has 0 radical (unpaired) electrons. The van der Waals surface area contributed by atoms with Crippen LogP contribution in [0.3, 0.4) is 0 Å². The van der Waals surface area contributed by atoms with E-state index in [1.807, 2.05) is 17.8 Å². The topological polar surface area (TPSA) is 12.0 Å². The van der Waals surface area contributed by atoms with Crippen LogP contribution in [0.25, 0.3) is 0 Å². The van der Waals surface area contributed by atoms with Gasteiger partial charge in [0.2, 0.25) is 0 Å². The minimum atomic E-state index is 1.08. The molecule has 0 bridgehead atoms. The first-order valence-electron chi connectivity index (χ1n) is 8.31. The molecule has 0 saturated carbocycles. The van der Waals surface area contributed by atoms with Gasteiger partial charge in [0.25, 0.3) is 0 Å². The van der Waals surface area contributed by atoms with Gasteiger partial charge in [-0.2, -0.15) is 11.8 Å². The Kier molecular flexibility index (Phi) is 18.1. The maximum Gasteiger partial charge on any atom is 0.0111 e. The normalized spacial score (nSPS) is 10.8. The van der Waals surface area contributed by atoms with Gasteiger partial charge in [0, 0.05) is 18.1 Å². The maximum absolute atomic E-state index is 3.72. The van der Waals surface area contributed by atoms with E-state index in [1.54, 1.807) is 0 Å². The van der Waals surface area contributed by atoms with E-state index in [-0.39, 0.29) is 0 Å². The van der Waals surface area contributed by atoms with Crippen molar-refractivity contribution in [3.63, 3.8) is 0 Å². The van der Waals surface area contributed by atoms with Crippen molar-refractivity contribution in [2.75, 3.05) is 24.6 Å². The molecule has 1 N–H and O–H groups in total. The molecule has 0 aromatic heterocycles. The smallest absolute Gasteiger partial charge is 0.0111 e. The molecule has 0 aliphatic carbocycles. The van der Waals surface area contributed by atoms with E-state index in [9.17, 15) is 0 Å². The van der Waals surface area contributed by atoms with Gasteiger partial charge in [-0.25, -0.2) is 0 Å². The van der Waals surface area contributed by atoms with Crippen LogP contribution < -0.4 is 5.32 Å². The van der Waals surface area contributed by atoms with Gasteiger partial charge in [0.05, 0.1) is 0 Å². The lowest BCUT2D eigenvalue weighted by molar-refractivity contribution is 0.547. The lowest BCUT2D eigenvalue weighted by atomic mass is 10.1. The molecule has 0 rings (SSSR count). The molecular weight excluding hydrogens is 250 g/mol. The highest BCUT2D eigenvalue weighted by atomic mass is 32.2. The highest BCUT2D eigenvalue weighted by molar-refractivity contribution is 7.99. The van der Waals surface area contributed by atoms with Gasteiger partial charge >= 0.3 is 0 Å². The van der Waals surface area contributed by atoms with Crippen molar-refractivity contribution in [2.45, 2.75) is 71.1 Å².